The first-order valence-corrected chi connectivity index (χ1v) is 4.50. The number of aliphatic hydroxyl groups excluding tert-OH is 2. The van der Waals surface area contributed by atoms with E-state index in [2.05, 4.69) is 4.74 Å². The molecule has 0 aromatic rings. The average molecular weight is 188 g/mol. The maximum absolute atomic E-state index is 11.1. The molecule has 0 aliphatic heterocycles. The zero-order chi connectivity index (χ0) is 10.0. The Morgan fingerprint density at radius 3 is 2.15 bits per heavy atom. The van der Waals surface area contributed by atoms with Crippen LogP contribution in [0.4, 0.5) is 0 Å². The Bertz CT molecular complexity index is 180. The molecule has 76 valence electrons. The zero-order valence-corrected chi connectivity index (χ0v) is 7.93. The van der Waals surface area contributed by atoms with Crippen molar-refractivity contribution >= 4 is 5.97 Å². The van der Waals surface area contributed by atoms with Crippen LogP contribution < -0.4 is 0 Å². The SMILES string of the molecule is COC(=O)C1C[C@@H](O)C(C)[C@@H](O)C1. The molecule has 1 saturated carbocycles. The van der Waals surface area contributed by atoms with Gasteiger partial charge in [0.1, 0.15) is 0 Å². The summed E-state index contributed by atoms with van der Waals surface area (Å²) in [7, 11) is 1.32. The van der Waals surface area contributed by atoms with E-state index in [1.54, 1.807) is 6.92 Å². The molecule has 0 bridgehead atoms. The molecule has 0 aromatic carbocycles. The van der Waals surface area contributed by atoms with Crippen LogP contribution in [0.3, 0.4) is 0 Å². The molecule has 0 aromatic heterocycles. The number of carbonyl (C=O) groups excluding carboxylic acids is 1. The van der Waals surface area contributed by atoms with E-state index in [1.807, 2.05) is 0 Å². The molecule has 4 atom stereocenters. The number of ether oxygens (including phenoxy) is 1. The zero-order valence-electron chi connectivity index (χ0n) is 7.93. The summed E-state index contributed by atoms with van der Waals surface area (Å²) >= 11 is 0. The van der Waals surface area contributed by atoms with Crippen molar-refractivity contribution in [1.82, 2.24) is 0 Å². The molecular formula is C9H16O4. The Labute approximate surface area is 77.5 Å². The van der Waals surface area contributed by atoms with Crippen molar-refractivity contribution < 1.29 is 19.7 Å². The van der Waals surface area contributed by atoms with E-state index in [0.29, 0.717) is 12.8 Å². The molecule has 0 heterocycles. The number of rotatable bonds is 1. The van der Waals surface area contributed by atoms with Gasteiger partial charge in [-0.1, -0.05) is 6.92 Å². The number of hydrogen-bond donors (Lipinski definition) is 2. The minimum Gasteiger partial charge on any atom is -0.469 e. The number of hydrogen-bond acceptors (Lipinski definition) is 4. The van der Waals surface area contributed by atoms with E-state index in [1.165, 1.54) is 7.11 Å². The maximum Gasteiger partial charge on any atom is 0.308 e. The van der Waals surface area contributed by atoms with Gasteiger partial charge in [-0.2, -0.15) is 0 Å². The quantitative estimate of drug-likeness (QED) is 0.565. The number of carbonyl (C=O) groups is 1. The van der Waals surface area contributed by atoms with E-state index < -0.39 is 12.2 Å². The fourth-order valence-electron chi connectivity index (χ4n) is 1.72. The van der Waals surface area contributed by atoms with E-state index in [0.717, 1.165) is 0 Å². The van der Waals surface area contributed by atoms with Gasteiger partial charge in [-0.15, -0.1) is 0 Å². The Balaban J connectivity index is 2.58. The van der Waals surface area contributed by atoms with Crippen molar-refractivity contribution in [2.24, 2.45) is 11.8 Å². The summed E-state index contributed by atoms with van der Waals surface area (Å²) in [6.45, 7) is 1.78. The molecule has 1 aliphatic carbocycles. The molecule has 2 N–H and O–H groups in total. The van der Waals surface area contributed by atoms with Crippen LogP contribution in [0, 0.1) is 11.8 Å². The fourth-order valence-corrected chi connectivity index (χ4v) is 1.72. The van der Waals surface area contributed by atoms with Gasteiger partial charge >= 0.3 is 5.97 Å². The lowest BCUT2D eigenvalue weighted by molar-refractivity contribution is -0.152. The van der Waals surface area contributed by atoms with Crippen molar-refractivity contribution in [2.45, 2.75) is 32.0 Å². The highest BCUT2D eigenvalue weighted by molar-refractivity contribution is 5.72. The van der Waals surface area contributed by atoms with Crippen molar-refractivity contribution in [3.63, 3.8) is 0 Å². The van der Waals surface area contributed by atoms with E-state index in [4.69, 9.17) is 0 Å². The molecule has 4 heteroatoms. The average Bonchev–Trinajstić information content (AvgIpc) is 2.12. The smallest absolute Gasteiger partial charge is 0.308 e. The van der Waals surface area contributed by atoms with Crippen LogP contribution >= 0.6 is 0 Å². The summed E-state index contributed by atoms with van der Waals surface area (Å²) in [5.74, 6) is -0.850. The molecule has 0 spiro atoms. The minimum atomic E-state index is -0.604. The normalized spacial score (nSPS) is 40.0. The Morgan fingerprint density at radius 2 is 1.77 bits per heavy atom. The summed E-state index contributed by atoms with van der Waals surface area (Å²) in [5.41, 5.74) is 0. The first-order valence-electron chi connectivity index (χ1n) is 4.50. The third-order valence-corrected chi connectivity index (χ3v) is 2.80. The van der Waals surface area contributed by atoms with Crippen LogP contribution in [0.25, 0.3) is 0 Å². The van der Waals surface area contributed by atoms with Crippen LogP contribution in [0.5, 0.6) is 0 Å². The second-order valence-electron chi connectivity index (χ2n) is 3.69. The molecule has 0 radical (unpaired) electrons. The van der Waals surface area contributed by atoms with Crippen molar-refractivity contribution in [1.29, 1.82) is 0 Å². The van der Waals surface area contributed by atoms with Crippen LogP contribution in [-0.2, 0) is 9.53 Å². The lowest BCUT2D eigenvalue weighted by Crippen LogP contribution is -2.40. The summed E-state index contributed by atoms with van der Waals surface area (Å²) in [4.78, 5) is 11.1. The van der Waals surface area contributed by atoms with Gasteiger partial charge in [0, 0.05) is 5.92 Å². The van der Waals surface area contributed by atoms with Crippen molar-refractivity contribution in [3.8, 4) is 0 Å². The van der Waals surface area contributed by atoms with E-state index in [-0.39, 0.29) is 17.8 Å². The highest BCUT2D eigenvalue weighted by atomic mass is 16.5. The Hall–Kier alpha value is -0.610. The van der Waals surface area contributed by atoms with Crippen LogP contribution in [0.15, 0.2) is 0 Å². The van der Waals surface area contributed by atoms with Gasteiger partial charge in [0.05, 0.1) is 25.2 Å². The lowest BCUT2D eigenvalue weighted by atomic mass is 9.79. The minimum absolute atomic E-state index is 0.152. The molecule has 1 fully saturated rings. The highest BCUT2D eigenvalue weighted by Gasteiger charge is 2.36. The van der Waals surface area contributed by atoms with Gasteiger partial charge < -0.3 is 14.9 Å². The third kappa shape index (κ3) is 2.19. The first-order chi connectivity index (χ1) is 6.06. The van der Waals surface area contributed by atoms with Gasteiger partial charge in [0.2, 0.25) is 0 Å². The predicted molar refractivity (Wildman–Crippen MR) is 45.9 cm³/mol. The van der Waals surface area contributed by atoms with Crippen molar-refractivity contribution in [2.75, 3.05) is 7.11 Å². The second kappa shape index (κ2) is 4.07. The molecule has 1 rings (SSSR count). The van der Waals surface area contributed by atoms with Gasteiger partial charge in [-0.3, -0.25) is 4.79 Å². The van der Waals surface area contributed by atoms with Crippen LogP contribution in [0.2, 0.25) is 0 Å². The standard InChI is InChI=1S/C9H16O4/c1-5-7(10)3-6(4-8(5)11)9(12)13-2/h5-8,10-11H,3-4H2,1-2H3/t5?,6?,7-,8+. The molecule has 1 aliphatic rings. The first kappa shape index (κ1) is 10.5. The summed E-state index contributed by atoms with van der Waals surface area (Å²) in [6, 6.07) is 0. The highest BCUT2D eigenvalue weighted by Crippen LogP contribution is 2.29. The predicted octanol–water partition coefficient (Wildman–Crippen LogP) is -0.0727. The molecule has 0 saturated heterocycles. The summed E-state index contributed by atoms with van der Waals surface area (Å²) in [5, 5.41) is 19.0. The van der Waals surface area contributed by atoms with Gasteiger partial charge in [0.15, 0.2) is 0 Å². The Morgan fingerprint density at radius 1 is 1.31 bits per heavy atom. The number of aliphatic hydroxyl groups is 2. The van der Waals surface area contributed by atoms with E-state index in [9.17, 15) is 15.0 Å². The lowest BCUT2D eigenvalue weighted by Gasteiger charge is -2.33. The number of esters is 1. The summed E-state index contributed by atoms with van der Waals surface area (Å²) in [6.07, 6.45) is -0.420. The molecule has 2 unspecified atom stereocenters. The fraction of sp³-hybridized carbons (Fsp3) is 0.889. The van der Waals surface area contributed by atoms with Crippen molar-refractivity contribution in [3.05, 3.63) is 0 Å². The van der Waals surface area contributed by atoms with Gasteiger partial charge in [-0.25, -0.2) is 0 Å². The summed E-state index contributed by atoms with van der Waals surface area (Å²) < 4.78 is 4.56. The largest absolute Gasteiger partial charge is 0.469 e. The molecule has 4 nitrogen and oxygen atoms in total. The second-order valence-corrected chi connectivity index (χ2v) is 3.69. The monoisotopic (exact) mass is 188 g/mol. The molecule has 13 heavy (non-hydrogen) atoms. The topological polar surface area (TPSA) is 66.8 Å². The molecular weight excluding hydrogens is 172 g/mol. The van der Waals surface area contributed by atoms with Gasteiger partial charge in [-0.05, 0) is 12.8 Å². The third-order valence-electron chi connectivity index (χ3n) is 2.80. The molecule has 0 amide bonds. The number of methoxy groups -OCH3 is 1. The van der Waals surface area contributed by atoms with Crippen LogP contribution in [-0.4, -0.2) is 35.5 Å². The maximum atomic E-state index is 11.1. The Kier molecular flexibility index (Phi) is 3.27. The van der Waals surface area contributed by atoms with E-state index >= 15 is 0 Å². The van der Waals surface area contributed by atoms with Gasteiger partial charge in [0.25, 0.3) is 0 Å². The van der Waals surface area contributed by atoms with Crippen LogP contribution in [0.1, 0.15) is 19.8 Å².